The fourth-order valence-corrected chi connectivity index (χ4v) is 8.79. The van der Waals surface area contributed by atoms with Gasteiger partial charge in [-0.1, -0.05) is 11.6 Å². The lowest BCUT2D eigenvalue weighted by Gasteiger charge is -2.44. The molecule has 0 aromatic heterocycles. The van der Waals surface area contributed by atoms with Crippen molar-refractivity contribution < 1.29 is 50.1 Å². The van der Waals surface area contributed by atoms with Gasteiger partial charge in [0.25, 0.3) is 5.91 Å². The predicted octanol–water partition coefficient (Wildman–Crippen LogP) is 2.36. The molecular formula is C26H30ClF3N2O8S2. The number of sulfone groups is 1. The minimum Gasteiger partial charge on any atom is -0.390 e. The van der Waals surface area contributed by atoms with Crippen LogP contribution in [0.3, 0.4) is 0 Å². The number of amides is 1. The minimum atomic E-state index is -4.17. The molecule has 5 N–H and O–H groups in total. The summed E-state index contributed by atoms with van der Waals surface area (Å²) in [5.41, 5.74) is -2.08. The SMILES string of the molecule is CS(=O)(=O)NCC(O)C(O)C[C@]1(O)C2CCC1C[C@@H](S(=O)(=O)c1cc(C(=O)Nc3cc(F)c(F)c(F)c3)ccc1Cl)C2. The fraction of sp³-hybridized carbons (Fsp3) is 0.500. The molecule has 42 heavy (non-hydrogen) atoms. The quantitative estimate of drug-likeness (QED) is 0.243. The molecule has 2 aliphatic carbocycles. The summed E-state index contributed by atoms with van der Waals surface area (Å²) in [4.78, 5) is 12.4. The molecule has 10 nitrogen and oxygen atoms in total. The van der Waals surface area contributed by atoms with Gasteiger partial charge in [0.15, 0.2) is 27.3 Å². The van der Waals surface area contributed by atoms with Crippen LogP contribution in [0.15, 0.2) is 35.2 Å². The molecule has 2 aromatic rings. The van der Waals surface area contributed by atoms with Crippen molar-refractivity contribution in [1.29, 1.82) is 0 Å². The lowest BCUT2D eigenvalue weighted by molar-refractivity contribution is -0.108. The number of carbonyl (C=O) groups excluding carboxylic acids is 1. The number of benzene rings is 2. The zero-order valence-electron chi connectivity index (χ0n) is 22.2. The van der Waals surface area contributed by atoms with Gasteiger partial charge in [0.1, 0.15) is 0 Å². The summed E-state index contributed by atoms with van der Waals surface area (Å²) in [5, 5.41) is 33.2. The van der Waals surface area contributed by atoms with Gasteiger partial charge in [-0.3, -0.25) is 4.79 Å². The highest BCUT2D eigenvalue weighted by atomic mass is 35.5. The third-order valence-electron chi connectivity index (χ3n) is 8.09. The van der Waals surface area contributed by atoms with Gasteiger partial charge in [0, 0.05) is 36.3 Å². The average Bonchev–Trinajstić information content (AvgIpc) is 3.05. The number of hydrogen-bond acceptors (Lipinski definition) is 8. The first-order valence-electron chi connectivity index (χ1n) is 12.9. The monoisotopic (exact) mass is 654 g/mol. The van der Waals surface area contributed by atoms with Gasteiger partial charge in [-0.25, -0.2) is 34.7 Å². The van der Waals surface area contributed by atoms with E-state index in [1.54, 1.807) is 0 Å². The Labute approximate surface area is 245 Å². The second kappa shape index (κ2) is 12.0. The van der Waals surface area contributed by atoms with E-state index in [2.05, 4.69) is 10.0 Å². The second-order valence-electron chi connectivity index (χ2n) is 10.9. The van der Waals surface area contributed by atoms with Gasteiger partial charge in [0.05, 0.1) is 39.2 Å². The van der Waals surface area contributed by atoms with E-state index in [1.165, 1.54) is 12.1 Å². The number of rotatable bonds is 10. The smallest absolute Gasteiger partial charge is 0.255 e. The van der Waals surface area contributed by atoms with Gasteiger partial charge in [0.2, 0.25) is 10.0 Å². The van der Waals surface area contributed by atoms with Crippen molar-refractivity contribution in [3.05, 3.63) is 58.4 Å². The van der Waals surface area contributed by atoms with Crippen LogP contribution in [-0.2, 0) is 19.9 Å². The molecule has 1 amide bonds. The molecule has 0 spiro atoms. The standard InChI is InChI=1S/C26H30ClF3N2O8S2/c1-41(37,38)31-12-22(34)21(33)11-26(36)14-3-4-15(26)8-17(7-14)42(39,40)23-6-13(2-5-18(23)27)25(35)32-16-9-19(28)24(30)20(29)10-16/h2,5-6,9-10,14-15,17,21-22,31,33-34,36H,3-4,7-8,11-12H2,1H3,(H,32,35)/t14?,15?,17-,21?,22?,26-. The summed E-state index contributed by atoms with van der Waals surface area (Å²) in [6.07, 6.45) is -1.46. The van der Waals surface area contributed by atoms with E-state index in [9.17, 15) is 50.1 Å². The number of fused-ring (bicyclic) bond motifs is 2. The number of nitrogens with one attached hydrogen (secondary N) is 2. The lowest BCUT2D eigenvalue weighted by Crippen LogP contribution is -2.52. The summed E-state index contributed by atoms with van der Waals surface area (Å²) >= 11 is 6.22. The van der Waals surface area contributed by atoms with Crippen LogP contribution >= 0.6 is 11.6 Å². The first kappa shape index (κ1) is 32.6. The first-order valence-corrected chi connectivity index (χ1v) is 16.8. The van der Waals surface area contributed by atoms with E-state index in [4.69, 9.17) is 11.6 Å². The maximum absolute atomic E-state index is 13.7. The fourth-order valence-electron chi connectivity index (χ4n) is 5.91. The Morgan fingerprint density at radius 2 is 1.60 bits per heavy atom. The topological polar surface area (TPSA) is 170 Å². The van der Waals surface area contributed by atoms with Gasteiger partial charge < -0.3 is 20.6 Å². The number of aliphatic hydroxyl groups excluding tert-OH is 2. The van der Waals surface area contributed by atoms with Crippen molar-refractivity contribution in [3.8, 4) is 0 Å². The van der Waals surface area contributed by atoms with Gasteiger partial charge in [-0.05, 0) is 55.7 Å². The van der Waals surface area contributed by atoms with Crippen molar-refractivity contribution >= 4 is 43.1 Å². The predicted molar refractivity (Wildman–Crippen MR) is 147 cm³/mol. The Balaban J connectivity index is 1.50. The van der Waals surface area contributed by atoms with Crippen molar-refractivity contribution in [2.75, 3.05) is 18.1 Å². The highest BCUT2D eigenvalue weighted by Gasteiger charge is 2.56. The normalized spacial score (nSPS) is 25.7. The molecule has 2 aromatic carbocycles. The Bertz CT molecular complexity index is 1550. The molecule has 2 fully saturated rings. The third kappa shape index (κ3) is 6.77. The van der Waals surface area contributed by atoms with E-state index < -0.39 is 90.3 Å². The van der Waals surface area contributed by atoms with Crippen LogP contribution in [0.2, 0.25) is 5.02 Å². The number of hydrogen-bond donors (Lipinski definition) is 5. The van der Waals surface area contributed by atoms with Crippen molar-refractivity contribution in [2.45, 2.75) is 60.1 Å². The molecule has 16 heteroatoms. The number of sulfonamides is 1. The van der Waals surface area contributed by atoms with Crippen molar-refractivity contribution in [3.63, 3.8) is 0 Å². The van der Waals surface area contributed by atoms with Crippen molar-refractivity contribution in [1.82, 2.24) is 4.72 Å². The van der Waals surface area contributed by atoms with E-state index in [0.717, 1.165) is 12.3 Å². The maximum atomic E-state index is 13.7. The number of carbonyl (C=O) groups is 1. The molecule has 0 radical (unpaired) electrons. The molecule has 0 heterocycles. The zero-order valence-corrected chi connectivity index (χ0v) is 24.6. The van der Waals surface area contributed by atoms with Crippen LogP contribution in [0.4, 0.5) is 18.9 Å². The Hall–Kier alpha value is -2.27. The molecule has 232 valence electrons. The molecule has 2 aliphatic rings. The molecule has 2 saturated carbocycles. The van der Waals surface area contributed by atoms with Crippen molar-refractivity contribution in [2.24, 2.45) is 11.8 Å². The molecule has 0 aliphatic heterocycles. The van der Waals surface area contributed by atoms with E-state index in [0.29, 0.717) is 25.0 Å². The third-order valence-corrected chi connectivity index (χ3v) is 11.4. The molecule has 2 bridgehead atoms. The lowest BCUT2D eigenvalue weighted by atomic mass is 9.71. The van der Waals surface area contributed by atoms with E-state index in [1.807, 2.05) is 0 Å². The van der Waals surface area contributed by atoms with Gasteiger partial charge in [-0.15, -0.1) is 0 Å². The molecule has 0 saturated heterocycles. The highest BCUT2D eigenvalue weighted by molar-refractivity contribution is 7.92. The molecular weight excluding hydrogens is 625 g/mol. The second-order valence-corrected chi connectivity index (χ2v) is 15.4. The summed E-state index contributed by atoms with van der Waals surface area (Å²) in [7, 11) is -7.79. The molecule has 4 unspecified atom stereocenters. The van der Waals surface area contributed by atoms with Crippen LogP contribution < -0.4 is 10.0 Å². The largest absolute Gasteiger partial charge is 0.390 e. The number of anilines is 1. The summed E-state index contributed by atoms with van der Waals surface area (Å²) in [5.74, 6) is -6.81. The number of halogens is 4. The summed E-state index contributed by atoms with van der Waals surface area (Å²) in [6.45, 7) is -0.462. The van der Waals surface area contributed by atoms with Crippen LogP contribution in [0, 0.1) is 29.3 Å². The zero-order chi connectivity index (χ0) is 31.2. The average molecular weight is 655 g/mol. The highest BCUT2D eigenvalue weighted by Crippen LogP contribution is 2.54. The first-order chi connectivity index (χ1) is 19.4. The minimum absolute atomic E-state index is 0.000619. The van der Waals surface area contributed by atoms with Gasteiger partial charge >= 0.3 is 0 Å². The molecule has 4 rings (SSSR count). The van der Waals surface area contributed by atoms with Gasteiger partial charge in [-0.2, -0.15) is 0 Å². The Kier molecular flexibility index (Phi) is 9.34. The van der Waals surface area contributed by atoms with E-state index in [-0.39, 0.29) is 34.7 Å². The number of aliphatic hydroxyl groups is 3. The van der Waals surface area contributed by atoms with Crippen LogP contribution in [0.1, 0.15) is 42.5 Å². The van der Waals surface area contributed by atoms with Crippen LogP contribution in [-0.4, -0.2) is 73.9 Å². The Morgan fingerprint density at radius 1 is 1.02 bits per heavy atom. The summed E-state index contributed by atoms with van der Waals surface area (Å²) < 4.78 is 92.4. The van der Waals surface area contributed by atoms with Crippen LogP contribution in [0.25, 0.3) is 0 Å². The molecule has 4 atom stereocenters. The summed E-state index contributed by atoms with van der Waals surface area (Å²) in [6, 6.07) is 4.57. The Morgan fingerprint density at radius 3 is 2.14 bits per heavy atom. The van der Waals surface area contributed by atoms with Crippen LogP contribution in [0.5, 0.6) is 0 Å². The van der Waals surface area contributed by atoms with E-state index >= 15 is 0 Å². The maximum Gasteiger partial charge on any atom is 0.255 e.